The van der Waals surface area contributed by atoms with E-state index < -0.39 is 0 Å². The van der Waals surface area contributed by atoms with Crippen LogP contribution < -0.4 is 10.6 Å². The first-order chi connectivity index (χ1) is 13.5. The van der Waals surface area contributed by atoms with Crippen LogP contribution in [0.3, 0.4) is 0 Å². The van der Waals surface area contributed by atoms with Crippen LogP contribution in [0.1, 0.15) is 21.5 Å². The molecule has 0 aliphatic carbocycles. The smallest absolute Gasteiger partial charge is 0.255 e. The fraction of sp³-hybridized carbons (Fsp3) is 0.0435. The van der Waals surface area contributed by atoms with Crippen molar-refractivity contribution in [2.24, 2.45) is 0 Å². The van der Waals surface area contributed by atoms with Crippen molar-refractivity contribution in [2.45, 2.75) is 6.92 Å². The summed E-state index contributed by atoms with van der Waals surface area (Å²) in [4.78, 5) is 24.4. The first kappa shape index (κ1) is 19.4. The van der Waals surface area contributed by atoms with Gasteiger partial charge in [-0.05, 0) is 66.6 Å². The lowest BCUT2D eigenvalue weighted by Gasteiger charge is -2.08. The number of amides is 2. The van der Waals surface area contributed by atoms with Crippen molar-refractivity contribution in [2.75, 3.05) is 10.6 Å². The van der Waals surface area contributed by atoms with Crippen molar-refractivity contribution in [3.8, 4) is 0 Å². The normalized spacial score (nSPS) is 10.6. The highest BCUT2D eigenvalue weighted by Crippen LogP contribution is 2.16. The second kappa shape index (κ2) is 9.02. The predicted molar refractivity (Wildman–Crippen MR) is 115 cm³/mol. The molecule has 4 nitrogen and oxygen atoms in total. The van der Waals surface area contributed by atoms with Crippen LogP contribution in [0.15, 0.2) is 78.9 Å². The number of anilines is 2. The molecule has 0 aromatic heterocycles. The van der Waals surface area contributed by atoms with Gasteiger partial charge in [-0.1, -0.05) is 41.9 Å². The monoisotopic (exact) mass is 390 g/mol. The molecule has 0 saturated heterocycles. The lowest BCUT2D eigenvalue weighted by molar-refractivity contribution is -0.111. The molecule has 0 fully saturated rings. The van der Waals surface area contributed by atoms with Crippen molar-refractivity contribution >= 4 is 40.9 Å². The summed E-state index contributed by atoms with van der Waals surface area (Å²) >= 11 is 5.84. The van der Waals surface area contributed by atoms with E-state index in [2.05, 4.69) is 10.6 Å². The SMILES string of the molecule is Cc1ccccc1C(=O)Nc1ccc(NC(=O)/C=C/c2ccc(Cl)cc2)cc1. The molecule has 28 heavy (non-hydrogen) atoms. The molecule has 3 aromatic rings. The van der Waals surface area contributed by atoms with Crippen LogP contribution in [0.5, 0.6) is 0 Å². The molecule has 0 unspecified atom stereocenters. The van der Waals surface area contributed by atoms with E-state index in [-0.39, 0.29) is 11.8 Å². The van der Waals surface area contributed by atoms with Gasteiger partial charge in [0.15, 0.2) is 0 Å². The third-order valence-corrected chi connectivity index (χ3v) is 4.35. The molecular weight excluding hydrogens is 372 g/mol. The van der Waals surface area contributed by atoms with E-state index >= 15 is 0 Å². The van der Waals surface area contributed by atoms with Gasteiger partial charge in [0.05, 0.1) is 0 Å². The zero-order valence-electron chi connectivity index (χ0n) is 15.3. The lowest BCUT2D eigenvalue weighted by atomic mass is 10.1. The Hall–Kier alpha value is -3.37. The highest BCUT2D eigenvalue weighted by atomic mass is 35.5. The van der Waals surface area contributed by atoms with Crippen LogP contribution in [0.4, 0.5) is 11.4 Å². The maximum absolute atomic E-state index is 12.3. The van der Waals surface area contributed by atoms with E-state index in [9.17, 15) is 9.59 Å². The van der Waals surface area contributed by atoms with E-state index in [0.29, 0.717) is 22.0 Å². The molecular formula is C23H19ClN2O2. The number of nitrogens with one attached hydrogen (secondary N) is 2. The van der Waals surface area contributed by atoms with Gasteiger partial charge in [-0.2, -0.15) is 0 Å². The van der Waals surface area contributed by atoms with E-state index in [0.717, 1.165) is 11.1 Å². The first-order valence-corrected chi connectivity index (χ1v) is 9.11. The van der Waals surface area contributed by atoms with Crippen LogP contribution in [0.25, 0.3) is 6.08 Å². The van der Waals surface area contributed by atoms with Crippen LogP contribution >= 0.6 is 11.6 Å². The maximum Gasteiger partial charge on any atom is 0.255 e. The molecule has 0 aliphatic rings. The van der Waals surface area contributed by atoms with Gasteiger partial charge in [0.25, 0.3) is 5.91 Å². The summed E-state index contributed by atoms with van der Waals surface area (Å²) in [6, 6.07) is 21.6. The second-order valence-corrected chi connectivity index (χ2v) is 6.66. The molecule has 2 N–H and O–H groups in total. The average molecular weight is 391 g/mol. The molecule has 0 atom stereocenters. The molecule has 3 rings (SSSR count). The zero-order valence-corrected chi connectivity index (χ0v) is 16.0. The van der Waals surface area contributed by atoms with E-state index in [1.54, 1.807) is 48.5 Å². The summed E-state index contributed by atoms with van der Waals surface area (Å²) in [6.45, 7) is 1.89. The van der Waals surface area contributed by atoms with E-state index in [4.69, 9.17) is 11.6 Å². The number of aryl methyl sites for hydroxylation is 1. The quantitative estimate of drug-likeness (QED) is 0.561. The maximum atomic E-state index is 12.3. The second-order valence-electron chi connectivity index (χ2n) is 6.22. The summed E-state index contributed by atoms with van der Waals surface area (Å²) in [5.74, 6) is -0.410. The van der Waals surface area contributed by atoms with Crippen molar-refractivity contribution in [3.05, 3.63) is 101 Å². The summed E-state index contributed by atoms with van der Waals surface area (Å²) < 4.78 is 0. The van der Waals surface area contributed by atoms with Gasteiger partial charge in [-0.25, -0.2) is 0 Å². The lowest BCUT2D eigenvalue weighted by Crippen LogP contribution is -2.13. The topological polar surface area (TPSA) is 58.2 Å². The fourth-order valence-electron chi connectivity index (χ4n) is 2.59. The Morgan fingerprint density at radius 1 is 0.821 bits per heavy atom. The number of rotatable bonds is 5. The summed E-state index contributed by atoms with van der Waals surface area (Å²) in [5, 5.41) is 6.28. The molecule has 0 aliphatic heterocycles. The molecule has 0 bridgehead atoms. The minimum atomic E-state index is -0.244. The molecule has 0 spiro atoms. The summed E-state index contributed by atoms with van der Waals surface area (Å²) in [7, 11) is 0. The number of hydrogen-bond acceptors (Lipinski definition) is 2. The van der Waals surface area contributed by atoms with Crippen LogP contribution in [0, 0.1) is 6.92 Å². The van der Waals surface area contributed by atoms with Crippen LogP contribution in [-0.4, -0.2) is 11.8 Å². The third kappa shape index (κ3) is 5.32. The standard InChI is InChI=1S/C23H19ClN2O2/c1-16-4-2-3-5-21(16)23(28)26-20-13-11-19(12-14-20)25-22(27)15-8-17-6-9-18(24)10-7-17/h2-15H,1H3,(H,25,27)(H,26,28)/b15-8+. The molecule has 0 radical (unpaired) electrons. The molecule has 2 amide bonds. The number of carbonyl (C=O) groups excluding carboxylic acids is 2. The van der Waals surface area contributed by atoms with Crippen LogP contribution in [-0.2, 0) is 4.79 Å². The van der Waals surface area contributed by atoms with Crippen molar-refractivity contribution in [1.29, 1.82) is 0 Å². The Labute approximate surface area is 168 Å². The van der Waals surface area contributed by atoms with Crippen molar-refractivity contribution in [3.63, 3.8) is 0 Å². The number of carbonyl (C=O) groups is 2. The average Bonchev–Trinajstić information content (AvgIpc) is 2.69. The van der Waals surface area contributed by atoms with Crippen LogP contribution in [0.2, 0.25) is 5.02 Å². The van der Waals surface area contributed by atoms with Gasteiger partial charge in [0.1, 0.15) is 0 Å². The van der Waals surface area contributed by atoms with E-state index in [1.165, 1.54) is 6.08 Å². The van der Waals surface area contributed by atoms with E-state index in [1.807, 2.05) is 37.3 Å². The Morgan fingerprint density at radius 2 is 1.43 bits per heavy atom. The van der Waals surface area contributed by atoms with Crippen molar-refractivity contribution in [1.82, 2.24) is 0 Å². The Kier molecular flexibility index (Phi) is 6.25. The van der Waals surface area contributed by atoms with Crippen molar-refractivity contribution < 1.29 is 9.59 Å². The minimum Gasteiger partial charge on any atom is -0.323 e. The minimum absolute atomic E-state index is 0.166. The number of hydrogen-bond donors (Lipinski definition) is 2. The highest BCUT2D eigenvalue weighted by Gasteiger charge is 2.08. The Bertz CT molecular complexity index is 1010. The fourth-order valence-corrected chi connectivity index (χ4v) is 2.72. The molecule has 0 heterocycles. The van der Waals surface area contributed by atoms with Gasteiger partial charge in [-0.15, -0.1) is 0 Å². The highest BCUT2D eigenvalue weighted by molar-refractivity contribution is 6.30. The predicted octanol–water partition coefficient (Wildman–Crippen LogP) is 5.55. The van der Waals surface area contributed by atoms with Gasteiger partial charge < -0.3 is 10.6 Å². The molecule has 140 valence electrons. The van der Waals surface area contributed by atoms with Gasteiger partial charge in [-0.3, -0.25) is 9.59 Å². The number of benzene rings is 3. The van der Waals surface area contributed by atoms with Gasteiger partial charge in [0.2, 0.25) is 5.91 Å². The Balaban J connectivity index is 1.58. The zero-order chi connectivity index (χ0) is 19.9. The molecule has 5 heteroatoms. The van der Waals surface area contributed by atoms with Gasteiger partial charge >= 0.3 is 0 Å². The first-order valence-electron chi connectivity index (χ1n) is 8.73. The third-order valence-electron chi connectivity index (χ3n) is 4.10. The summed E-state index contributed by atoms with van der Waals surface area (Å²) in [6.07, 6.45) is 3.17. The molecule has 0 saturated carbocycles. The molecule has 3 aromatic carbocycles. The van der Waals surface area contributed by atoms with Gasteiger partial charge in [0, 0.05) is 28.0 Å². The summed E-state index contributed by atoms with van der Waals surface area (Å²) in [5.41, 5.74) is 3.72. The Morgan fingerprint density at radius 3 is 2.07 bits per heavy atom. The number of halogens is 1. The largest absolute Gasteiger partial charge is 0.323 e.